The second-order valence-corrected chi connectivity index (χ2v) is 7.76. The summed E-state index contributed by atoms with van der Waals surface area (Å²) in [6, 6.07) is 1.70. The van der Waals surface area contributed by atoms with Gasteiger partial charge in [-0.2, -0.15) is 0 Å². The first-order chi connectivity index (χ1) is 8.50. The third kappa shape index (κ3) is 5.33. The van der Waals surface area contributed by atoms with Crippen LogP contribution in [-0.4, -0.2) is 37.2 Å². The van der Waals surface area contributed by atoms with Crippen molar-refractivity contribution < 1.29 is 13.2 Å². The van der Waals surface area contributed by atoms with Gasteiger partial charge in [0.05, 0.1) is 6.26 Å². The van der Waals surface area contributed by atoms with E-state index in [0.717, 1.165) is 10.7 Å². The summed E-state index contributed by atoms with van der Waals surface area (Å²) >= 11 is 3.29. The summed E-state index contributed by atoms with van der Waals surface area (Å²) in [5.74, 6) is -0.253. The molecule has 8 heteroatoms. The predicted molar refractivity (Wildman–Crippen MR) is 77.5 cm³/mol. The van der Waals surface area contributed by atoms with Gasteiger partial charge in [-0.25, -0.2) is 13.1 Å². The molecule has 19 heavy (non-hydrogen) atoms. The molecule has 108 valence electrons. The Morgan fingerprint density at radius 2 is 2.05 bits per heavy atom. The van der Waals surface area contributed by atoms with Gasteiger partial charge in [-0.3, -0.25) is 4.79 Å². The Balaban J connectivity index is 2.67. The van der Waals surface area contributed by atoms with Crippen molar-refractivity contribution in [1.82, 2.24) is 14.6 Å². The lowest BCUT2D eigenvalue weighted by Gasteiger charge is -2.25. The minimum Gasteiger partial charge on any atom is -0.349 e. The topological polar surface area (TPSA) is 80.2 Å². The Labute approximate surface area is 121 Å². The number of halogens is 1. The summed E-state index contributed by atoms with van der Waals surface area (Å²) in [4.78, 5) is 12.0. The van der Waals surface area contributed by atoms with Crippen molar-refractivity contribution in [3.05, 3.63) is 22.4 Å². The van der Waals surface area contributed by atoms with Crippen LogP contribution in [0.15, 0.2) is 16.7 Å². The van der Waals surface area contributed by atoms with Crippen LogP contribution >= 0.6 is 15.9 Å². The molecule has 6 nitrogen and oxygen atoms in total. The third-order valence-corrected chi connectivity index (χ3v) is 3.71. The second kappa shape index (κ2) is 5.64. The van der Waals surface area contributed by atoms with Crippen LogP contribution in [0.25, 0.3) is 0 Å². The highest BCUT2D eigenvalue weighted by Gasteiger charge is 2.23. The molecule has 0 bridgehead atoms. The fraction of sp³-hybridized carbons (Fsp3) is 0.545. The maximum absolute atomic E-state index is 12.0. The van der Waals surface area contributed by atoms with Gasteiger partial charge in [0.2, 0.25) is 10.0 Å². The lowest BCUT2D eigenvalue weighted by atomic mass is 10.1. The highest BCUT2D eigenvalue weighted by Crippen LogP contribution is 2.13. The Kier molecular flexibility index (Phi) is 4.81. The van der Waals surface area contributed by atoms with E-state index in [1.165, 1.54) is 0 Å². The molecule has 1 amide bonds. The number of hydrogen-bond donors (Lipinski definition) is 2. The van der Waals surface area contributed by atoms with Crippen molar-refractivity contribution in [3.8, 4) is 0 Å². The Hall–Kier alpha value is -0.860. The van der Waals surface area contributed by atoms with Gasteiger partial charge >= 0.3 is 0 Å². The van der Waals surface area contributed by atoms with Gasteiger partial charge < -0.3 is 9.88 Å². The number of carbonyl (C=O) groups is 1. The van der Waals surface area contributed by atoms with Crippen molar-refractivity contribution in [1.29, 1.82) is 0 Å². The summed E-state index contributed by atoms with van der Waals surface area (Å²) in [6.45, 7) is 3.60. The molecule has 0 unspecified atom stereocenters. The summed E-state index contributed by atoms with van der Waals surface area (Å²) in [5.41, 5.74) is -0.243. The molecule has 0 saturated carbocycles. The van der Waals surface area contributed by atoms with E-state index in [1.807, 2.05) is 0 Å². The normalized spacial score (nSPS) is 12.5. The second-order valence-electron chi connectivity index (χ2n) is 5.10. The van der Waals surface area contributed by atoms with Crippen LogP contribution in [0, 0.1) is 0 Å². The van der Waals surface area contributed by atoms with Crippen molar-refractivity contribution in [3.63, 3.8) is 0 Å². The summed E-state index contributed by atoms with van der Waals surface area (Å²) in [7, 11) is -1.55. The zero-order valence-corrected chi connectivity index (χ0v) is 13.7. The van der Waals surface area contributed by atoms with Gasteiger partial charge in [-0.15, -0.1) is 0 Å². The molecule has 1 aromatic heterocycles. The lowest BCUT2D eigenvalue weighted by Crippen LogP contribution is -2.51. The van der Waals surface area contributed by atoms with Gasteiger partial charge in [0, 0.05) is 29.8 Å². The van der Waals surface area contributed by atoms with E-state index in [9.17, 15) is 13.2 Å². The van der Waals surface area contributed by atoms with Gasteiger partial charge in [0.25, 0.3) is 5.91 Å². The SMILES string of the molecule is Cn1cc(Br)cc1C(=O)NCC(C)(C)NS(C)(=O)=O. The van der Waals surface area contributed by atoms with E-state index in [0.29, 0.717) is 5.69 Å². The highest BCUT2D eigenvalue weighted by atomic mass is 79.9. The number of hydrogen-bond acceptors (Lipinski definition) is 3. The van der Waals surface area contributed by atoms with E-state index in [4.69, 9.17) is 0 Å². The number of rotatable bonds is 5. The van der Waals surface area contributed by atoms with Crippen LogP contribution in [-0.2, 0) is 17.1 Å². The smallest absolute Gasteiger partial charge is 0.268 e. The molecule has 0 fully saturated rings. The van der Waals surface area contributed by atoms with E-state index in [-0.39, 0.29) is 12.5 Å². The first kappa shape index (κ1) is 16.2. The zero-order valence-electron chi connectivity index (χ0n) is 11.3. The monoisotopic (exact) mass is 351 g/mol. The summed E-state index contributed by atoms with van der Waals surface area (Å²) in [6.07, 6.45) is 2.86. The van der Waals surface area contributed by atoms with E-state index < -0.39 is 15.6 Å². The highest BCUT2D eigenvalue weighted by molar-refractivity contribution is 9.10. The number of nitrogens with one attached hydrogen (secondary N) is 2. The molecule has 0 aliphatic rings. The number of aryl methyl sites for hydroxylation is 1. The van der Waals surface area contributed by atoms with E-state index >= 15 is 0 Å². The molecule has 1 aromatic rings. The van der Waals surface area contributed by atoms with Crippen LogP contribution in [0.4, 0.5) is 0 Å². The minimum atomic E-state index is -3.31. The van der Waals surface area contributed by atoms with Gasteiger partial charge in [0.1, 0.15) is 5.69 Å². The largest absolute Gasteiger partial charge is 0.349 e. The lowest BCUT2D eigenvalue weighted by molar-refractivity contribution is 0.0936. The van der Waals surface area contributed by atoms with Gasteiger partial charge in [-0.05, 0) is 35.8 Å². The average Bonchev–Trinajstić information content (AvgIpc) is 2.51. The molecular weight excluding hydrogens is 334 g/mol. The fourth-order valence-corrected chi connectivity index (χ4v) is 3.28. The number of aromatic nitrogens is 1. The molecule has 0 radical (unpaired) electrons. The number of carbonyl (C=O) groups excluding carboxylic acids is 1. The molecule has 0 saturated heterocycles. The average molecular weight is 352 g/mol. The van der Waals surface area contributed by atoms with Crippen molar-refractivity contribution in [2.75, 3.05) is 12.8 Å². The Morgan fingerprint density at radius 1 is 1.47 bits per heavy atom. The zero-order chi connectivity index (χ0) is 14.8. The molecule has 1 heterocycles. The van der Waals surface area contributed by atoms with Crippen molar-refractivity contribution in [2.24, 2.45) is 7.05 Å². The van der Waals surface area contributed by atoms with Crippen LogP contribution in [0.5, 0.6) is 0 Å². The quantitative estimate of drug-likeness (QED) is 0.824. The standard InChI is InChI=1S/C11H18BrN3O3S/c1-11(2,14-19(4,17)18)7-13-10(16)9-5-8(12)6-15(9)3/h5-6,14H,7H2,1-4H3,(H,13,16). The molecule has 0 atom stereocenters. The van der Waals surface area contributed by atoms with Gasteiger partial charge in [0.15, 0.2) is 0 Å². The maximum Gasteiger partial charge on any atom is 0.268 e. The molecular formula is C11H18BrN3O3S. The van der Waals surface area contributed by atoms with Gasteiger partial charge in [-0.1, -0.05) is 0 Å². The molecule has 1 rings (SSSR count). The Bertz CT molecular complexity index is 578. The fourth-order valence-electron chi connectivity index (χ4n) is 1.68. The number of nitrogens with zero attached hydrogens (tertiary/aromatic N) is 1. The summed E-state index contributed by atoms with van der Waals surface area (Å²) < 4.78 is 27.3. The molecule has 0 spiro atoms. The molecule has 0 aliphatic carbocycles. The molecule has 0 aromatic carbocycles. The first-order valence-corrected chi connectivity index (χ1v) is 8.28. The first-order valence-electron chi connectivity index (χ1n) is 5.59. The van der Waals surface area contributed by atoms with Crippen LogP contribution in [0.3, 0.4) is 0 Å². The van der Waals surface area contributed by atoms with Crippen LogP contribution in [0.1, 0.15) is 24.3 Å². The minimum absolute atomic E-state index is 0.196. The maximum atomic E-state index is 12.0. The third-order valence-electron chi connectivity index (χ3n) is 2.36. The number of sulfonamides is 1. The van der Waals surface area contributed by atoms with Crippen molar-refractivity contribution in [2.45, 2.75) is 19.4 Å². The predicted octanol–water partition coefficient (Wildman–Crippen LogP) is 0.845. The van der Waals surface area contributed by atoms with Crippen LogP contribution in [0.2, 0.25) is 0 Å². The van der Waals surface area contributed by atoms with Crippen LogP contribution < -0.4 is 10.0 Å². The van der Waals surface area contributed by atoms with E-state index in [1.54, 1.807) is 37.7 Å². The molecule has 2 N–H and O–H groups in total. The number of amides is 1. The van der Waals surface area contributed by atoms with Crippen molar-refractivity contribution >= 4 is 31.9 Å². The van der Waals surface area contributed by atoms with E-state index in [2.05, 4.69) is 26.0 Å². The summed E-state index contributed by atoms with van der Waals surface area (Å²) in [5, 5.41) is 2.71. The molecule has 0 aliphatic heterocycles. The Morgan fingerprint density at radius 3 is 2.47 bits per heavy atom.